The van der Waals surface area contributed by atoms with E-state index in [1.54, 1.807) is 6.92 Å². The summed E-state index contributed by atoms with van der Waals surface area (Å²) in [6.07, 6.45) is 0. The SMILES string of the molecule is CCOC(=O)c1cc([C@H](CO)C(C)C)c2cc(F)c(I)cc2c1O. The number of esters is 1. The van der Waals surface area contributed by atoms with Crippen molar-refractivity contribution in [2.75, 3.05) is 13.2 Å². The fourth-order valence-corrected chi connectivity index (χ4v) is 3.23. The van der Waals surface area contributed by atoms with Gasteiger partial charge in [-0.1, -0.05) is 13.8 Å². The lowest BCUT2D eigenvalue weighted by Crippen LogP contribution is -2.14. The zero-order valence-corrected chi connectivity index (χ0v) is 15.9. The van der Waals surface area contributed by atoms with Crippen LogP contribution in [-0.4, -0.2) is 29.4 Å². The van der Waals surface area contributed by atoms with Gasteiger partial charge in [0.25, 0.3) is 0 Å². The molecule has 0 spiro atoms. The predicted octanol–water partition coefficient (Wildman–Crippen LogP) is 4.20. The Morgan fingerprint density at radius 1 is 1.29 bits per heavy atom. The van der Waals surface area contributed by atoms with Gasteiger partial charge in [-0.15, -0.1) is 0 Å². The number of aliphatic hydroxyl groups excluding tert-OH is 1. The second-order valence-electron chi connectivity index (χ2n) is 5.93. The summed E-state index contributed by atoms with van der Waals surface area (Å²) in [6.45, 7) is 5.59. The van der Waals surface area contributed by atoms with E-state index < -0.39 is 11.8 Å². The van der Waals surface area contributed by atoms with Crippen LogP contribution >= 0.6 is 22.6 Å². The largest absolute Gasteiger partial charge is 0.506 e. The third-order valence-electron chi connectivity index (χ3n) is 4.08. The van der Waals surface area contributed by atoms with Gasteiger partial charge in [0.15, 0.2) is 0 Å². The average molecular weight is 446 g/mol. The van der Waals surface area contributed by atoms with Gasteiger partial charge in [0.1, 0.15) is 17.1 Å². The number of ether oxygens (including phenoxy) is 1. The van der Waals surface area contributed by atoms with E-state index in [9.17, 15) is 19.4 Å². The minimum Gasteiger partial charge on any atom is -0.506 e. The van der Waals surface area contributed by atoms with Crippen molar-refractivity contribution in [3.05, 3.63) is 38.7 Å². The molecule has 0 aliphatic heterocycles. The fraction of sp³-hybridized carbons (Fsp3) is 0.389. The van der Waals surface area contributed by atoms with Crippen molar-refractivity contribution in [1.82, 2.24) is 0 Å². The summed E-state index contributed by atoms with van der Waals surface area (Å²) in [4.78, 5) is 12.2. The van der Waals surface area contributed by atoms with Gasteiger partial charge >= 0.3 is 5.97 Å². The second kappa shape index (κ2) is 7.65. The van der Waals surface area contributed by atoms with Crippen LogP contribution in [0.1, 0.15) is 42.6 Å². The number of aromatic hydroxyl groups is 1. The number of aliphatic hydroxyl groups is 1. The maximum absolute atomic E-state index is 14.1. The maximum atomic E-state index is 14.1. The van der Waals surface area contributed by atoms with Gasteiger partial charge in [-0.2, -0.15) is 0 Å². The smallest absolute Gasteiger partial charge is 0.341 e. The van der Waals surface area contributed by atoms with E-state index in [0.29, 0.717) is 19.9 Å². The van der Waals surface area contributed by atoms with Crippen molar-refractivity contribution in [2.24, 2.45) is 5.92 Å². The lowest BCUT2D eigenvalue weighted by atomic mass is 9.84. The second-order valence-corrected chi connectivity index (χ2v) is 7.09. The molecule has 0 aliphatic rings. The predicted molar refractivity (Wildman–Crippen MR) is 98.9 cm³/mol. The Hall–Kier alpha value is -1.41. The van der Waals surface area contributed by atoms with Crippen LogP contribution in [-0.2, 0) is 4.74 Å². The third kappa shape index (κ3) is 3.49. The molecule has 24 heavy (non-hydrogen) atoms. The van der Waals surface area contributed by atoms with Gasteiger partial charge < -0.3 is 14.9 Å². The van der Waals surface area contributed by atoms with Crippen LogP contribution < -0.4 is 0 Å². The highest BCUT2D eigenvalue weighted by atomic mass is 127. The van der Waals surface area contributed by atoms with Crippen LogP contribution in [0.15, 0.2) is 18.2 Å². The maximum Gasteiger partial charge on any atom is 0.341 e. The van der Waals surface area contributed by atoms with Crippen molar-refractivity contribution >= 4 is 39.3 Å². The molecule has 1 atom stereocenters. The Balaban J connectivity index is 2.85. The average Bonchev–Trinajstić information content (AvgIpc) is 2.52. The summed E-state index contributed by atoms with van der Waals surface area (Å²) >= 11 is 1.83. The molecule has 0 bridgehead atoms. The Morgan fingerprint density at radius 3 is 2.50 bits per heavy atom. The Kier molecular flexibility index (Phi) is 6.03. The number of carbonyl (C=O) groups excluding carboxylic acids is 1. The zero-order valence-electron chi connectivity index (χ0n) is 13.8. The van der Waals surface area contributed by atoms with Gasteiger partial charge in [-0.25, -0.2) is 9.18 Å². The monoisotopic (exact) mass is 446 g/mol. The van der Waals surface area contributed by atoms with E-state index in [0.717, 1.165) is 0 Å². The topological polar surface area (TPSA) is 66.8 Å². The summed E-state index contributed by atoms with van der Waals surface area (Å²) < 4.78 is 19.4. The van der Waals surface area contributed by atoms with Crippen LogP contribution in [0.25, 0.3) is 10.8 Å². The number of carbonyl (C=O) groups is 1. The minimum absolute atomic E-state index is 0.0286. The first-order valence-electron chi connectivity index (χ1n) is 7.74. The summed E-state index contributed by atoms with van der Waals surface area (Å²) in [6, 6.07) is 4.34. The molecular weight excluding hydrogens is 426 g/mol. The zero-order chi connectivity index (χ0) is 18.0. The molecule has 2 N–H and O–H groups in total. The molecule has 0 radical (unpaired) electrons. The van der Waals surface area contributed by atoms with E-state index in [-0.39, 0.29) is 36.4 Å². The highest BCUT2D eigenvalue weighted by molar-refractivity contribution is 14.1. The molecule has 0 fully saturated rings. The van der Waals surface area contributed by atoms with Crippen LogP contribution in [0.2, 0.25) is 0 Å². The van der Waals surface area contributed by atoms with Gasteiger partial charge in [0.2, 0.25) is 0 Å². The van der Waals surface area contributed by atoms with Crippen molar-refractivity contribution in [3.8, 4) is 5.75 Å². The number of benzene rings is 2. The van der Waals surface area contributed by atoms with E-state index in [1.165, 1.54) is 18.2 Å². The van der Waals surface area contributed by atoms with E-state index in [2.05, 4.69) is 0 Å². The van der Waals surface area contributed by atoms with Crippen LogP contribution in [0, 0.1) is 15.3 Å². The quantitative estimate of drug-likeness (QED) is 0.534. The molecule has 0 aromatic heterocycles. The number of phenolic OH excluding ortho intramolecular Hbond substituents is 1. The number of hydrogen-bond donors (Lipinski definition) is 2. The molecule has 130 valence electrons. The molecule has 0 amide bonds. The molecular formula is C18H20FIO4. The van der Waals surface area contributed by atoms with E-state index in [4.69, 9.17) is 4.74 Å². The molecule has 4 nitrogen and oxygen atoms in total. The first-order chi connectivity index (χ1) is 11.3. The molecule has 0 heterocycles. The molecule has 2 aromatic carbocycles. The van der Waals surface area contributed by atoms with Crippen molar-refractivity contribution in [3.63, 3.8) is 0 Å². The number of rotatable bonds is 5. The minimum atomic E-state index is -0.641. The highest BCUT2D eigenvalue weighted by Crippen LogP contribution is 2.39. The Labute approximate surface area is 153 Å². The van der Waals surface area contributed by atoms with Crippen molar-refractivity contribution in [1.29, 1.82) is 0 Å². The molecule has 0 unspecified atom stereocenters. The van der Waals surface area contributed by atoms with Crippen LogP contribution in [0.5, 0.6) is 5.75 Å². The molecule has 6 heteroatoms. The third-order valence-corrected chi connectivity index (χ3v) is 4.90. The van der Waals surface area contributed by atoms with Gasteiger partial charge in [-0.05, 0) is 64.6 Å². The van der Waals surface area contributed by atoms with E-state index in [1.807, 2.05) is 36.4 Å². The molecule has 0 saturated carbocycles. The summed E-state index contributed by atoms with van der Waals surface area (Å²) in [7, 11) is 0. The number of hydrogen-bond acceptors (Lipinski definition) is 4. The fourth-order valence-electron chi connectivity index (χ4n) is 2.77. The lowest BCUT2D eigenvalue weighted by molar-refractivity contribution is 0.0523. The van der Waals surface area contributed by atoms with Gasteiger partial charge in [0, 0.05) is 14.9 Å². The normalized spacial score (nSPS) is 12.6. The Bertz CT molecular complexity index is 773. The molecule has 0 aliphatic carbocycles. The molecule has 2 rings (SSSR count). The molecule has 2 aromatic rings. The van der Waals surface area contributed by atoms with Gasteiger partial charge in [0.05, 0.1) is 13.2 Å². The van der Waals surface area contributed by atoms with Gasteiger partial charge in [-0.3, -0.25) is 0 Å². The standard InChI is InChI=1S/C18H20FIO4/c1-4-24-18(23)13-5-10(14(8-21)9(2)3)11-6-15(19)16(20)7-12(11)17(13)22/h5-7,9,14,21-22H,4,8H2,1-3H3/t14-/m1/s1. The Morgan fingerprint density at radius 2 is 1.96 bits per heavy atom. The summed E-state index contributed by atoms with van der Waals surface area (Å²) in [5.41, 5.74) is 0.652. The number of halogens is 2. The van der Waals surface area contributed by atoms with E-state index >= 15 is 0 Å². The first kappa shape index (κ1) is 18.9. The van der Waals surface area contributed by atoms with Crippen LogP contribution in [0.4, 0.5) is 4.39 Å². The van der Waals surface area contributed by atoms with Crippen molar-refractivity contribution in [2.45, 2.75) is 26.7 Å². The lowest BCUT2D eigenvalue weighted by Gasteiger charge is -2.22. The number of phenols is 1. The summed E-state index contributed by atoms with van der Waals surface area (Å²) in [5.74, 6) is -1.50. The summed E-state index contributed by atoms with van der Waals surface area (Å²) in [5, 5.41) is 21.1. The van der Waals surface area contributed by atoms with Crippen molar-refractivity contribution < 1.29 is 24.1 Å². The van der Waals surface area contributed by atoms with Crippen LogP contribution in [0.3, 0.4) is 0 Å². The highest BCUT2D eigenvalue weighted by Gasteiger charge is 2.24. The first-order valence-corrected chi connectivity index (χ1v) is 8.82. The number of fused-ring (bicyclic) bond motifs is 1. The molecule has 0 saturated heterocycles.